The van der Waals surface area contributed by atoms with Gasteiger partial charge in [0.25, 0.3) is 0 Å². The van der Waals surface area contributed by atoms with Crippen LogP contribution in [0.1, 0.15) is 52.4 Å². The van der Waals surface area contributed by atoms with Crippen LogP contribution < -0.4 is 0 Å². The Morgan fingerprint density at radius 2 is 1.87 bits per heavy atom. The van der Waals surface area contributed by atoms with E-state index >= 15 is 0 Å². The molecule has 1 fully saturated rings. The van der Waals surface area contributed by atoms with Crippen LogP contribution in [0.4, 0.5) is 0 Å². The van der Waals surface area contributed by atoms with E-state index in [0.29, 0.717) is 13.0 Å². The summed E-state index contributed by atoms with van der Waals surface area (Å²) in [5.74, 6) is -0.0749. The molecule has 0 bridgehead atoms. The summed E-state index contributed by atoms with van der Waals surface area (Å²) in [5, 5.41) is 0. The number of ether oxygens (including phenoxy) is 2. The normalized spacial score (nSPS) is 26.3. The molecule has 1 rings (SSSR count). The molecule has 1 saturated carbocycles. The van der Waals surface area contributed by atoms with Gasteiger partial charge in [-0.15, -0.1) is 0 Å². The number of rotatable bonds is 5. The fourth-order valence-electron chi connectivity index (χ4n) is 2.03. The van der Waals surface area contributed by atoms with Gasteiger partial charge >= 0.3 is 5.97 Å². The molecular formula is C12H22O3. The predicted molar refractivity (Wildman–Crippen MR) is 58.7 cm³/mol. The van der Waals surface area contributed by atoms with Crippen molar-refractivity contribution >= 4 is 5.97 Å². The van der Waals surface area contributed by atoms with Crippen LogP contribution in [0.15, 0.2) is 0 Å². The molecule has 0 amide bonds. The monoisotopic (exact) mass is 214 g/mol. The zero-order valence-corrected chi connectivity index (χ0v) is 9.83. The van der Waals surface area contributed by atoms with Crippen molar-refractivity contribution in [2.24, 2.45) is 0 Å². The van der Waals surface area contributed by atoms with Crippen molar-refractivity contribution in [3.8, 4) is 0 Å². The molecule has 0 aromatic rings. The van der Waals surface area contributed by atoms with Gasteiger partial charge in [-0.25, -0.2) is 0 Å². The van der Waals surface area contributed by atoms with Crippen molar-refractivity contribution in [2.75, 3.05) is 6.61 Å². The Kier molecular flexibility index (Phi) is 5.69. The van der Waals surface area contributed by atoms with Gasteiger partial charge in [0.15, 0.2) is 0 Å². The first kappa shape index (κ1) is 12.5. The third kappa shape index (κ3) is 4.20. The lowest BCUT2D eigenvalue weighted by molar-refractivity contribution is -0.160. The predicted octanol–water partition coefficient (Wildman–Crippen LogP) is 2.68. The van der Waals surface area contributed by atoms with Gasteiger partial charge in [0.1, 0.15) is 6.10 Å². The molecule has 1 aliphatic carbocycles. The highest BCUT2D eigenvalue weighted by Gasteiger charge is 2.28. The van der Waals surface area contributed by atoms with Gasteiger partial charge in [-0.3, -0.25) is 4.79 Å². The lowest BCUT2D eigenvalue weighted by Crippen LogP contribution is -2.36. The Morgan fingerprint density at radius 3 is 2.47 bits per heavy atom. The van der Waals surface area contributed by atoms with Crippen molar-refractivity contribution in [3.05, 3.63) is 0 Å². The van der Waals surface area contributed by atoms with Crippen LogP contribution in [0.3, 0.4) is 0 Å². The van der Waals surface area contributed by atoms with Gasteiger partial charge in [-0.1, -0.05) is 13.3 Å². The van der Waals surface area contributed by atoms with Crippen molar-refractivity contribution in [3.63, 3.8) is 0 Å². The lowest BCUT2D eigenvalue weighted by atomic mass is 9.94. The van der Waals surface area contributed by atoms with Gasteiger partial charge < -0.3 is 9.47 Å². The topological polar surface area (TPSA) is 35.5 Å². The fourth-order valence-corrected chi connectivity index (χ4v) is 2.03. The third-order valence-electron chi connectivity index (χ3n) is 2.76. The van der Waals surface area contributed by atoms with E-state index in [1.807, 2.05) is 13.8 Å². The molecular weight excluding hydrogens is 192 g/mol. The Balaban J connectivity index is 2.38. The van der Waals surface area contributed by atoms with Crippen molar-refractivity contribution in [1.29, 1.82) is 0 Å². The minimum atomic E-state index is -0.0749. The maximum Gasteiger partial charge on any atom is 0.306 e. The quantitative estimate of drug-likeness (QED) is 0.660. The number of esters is 1. The number of carbonyl (C=O) groups excluding carboxylic acids is 1. The summed E-state index contributed by atoms with van der Waals surface area (Å²) in [6.45, 7) is 4.67. The molecule has 0 aliphatic heterocycles. The summed E-state index contributed by atoms with van der Waals surface area (Å²) in [4.78, 5) is 11.4. The molecule has 88 valence electrons. The lowest BCUT2D eigenvalue weighted by Gasteiger charge is -2.30. The van der Waals surface area contributed by atoms with Gasteiger partial charge in [0, 0.05) is 13.0 Å². The van der Waals surface area contributed by atoms with Crippen LogP contribution in [-0.2, 0) is 14.3 Å². The average molecular weight is 214 g/mol. The molecule has 0 radical (unpaired) electrons. The van der Waals surface area contributed by atoms with E-state index in [2.05, 4.69) is 0 Å². The molecule has 15 heavy (non-hydrogen) atoms. The highest BCUT2D eigenvalue weighted by Crippen LogP contribution is 2.24. The Morgan fingerprint density at radius 1 is 1.20 bits per heavy atom. The number of carbonyl (C=O) groups is 1. The van der Waals surface area contributed by atoms with Crippen LogP contribution in [0.2, 0.25) is 0 Å². The molecule has 2 atom stereocenters. The Hall–Kier alpha value is -0.570. The zero-order valence-electron chi connectivity index (χ0n) is 9.83. The van der Waals surface area contributed by atoms with Gasteiger partial charge in [0.2, 0.25) is 0 Å². The van der Waals surface area contributed by atoms with Crippen LogP contribution in [0.25, 0.3) is 0 Å². The zero-order chi connectivity index (χ0) is 11.1. The minimum Gasteiger partial charge on any atom is -0.460 e. The van der Waals surface area contributed by atoms with E-state index in [4.69, 9.17) is 9.47 Å². The standard InChI is InChI=1S/C12H22O3/c1-3-7-12(13)15-11-9-6-5-8-10(11)14-4-2/h10-11H,3-9H2,1-2H3. The van der Waals surface area contributed by atoms with Crippen LogP contribution in [0.5, 0.6) is 0 Å². The van der Waals surface area contributed by atoms with Gasteiger partial charge in [0.05, 0.1) is 6.10 Å². The SMILES string of the molecule is CCCC(=O)OC1CCCCC1OCC. The molecule has 1 aliphatic rings. The highest BCUT2D eigenvalue weighted by atomic mass is 16.6. The van der Waals surface area contributed by atoms with Crippen LogP contribution in [-0.4, -0.2) is 24.8 Å². The molecule has 3 heteroatoms. The first-order chi connectivity index (χ1) is 7.27. The van der Waals surface area contributed by atoms with Crippen molar-refractivity contribution in [1.82, 2.24) is 0 Å². The summed E-state index contributed by atoms with van der Waals surface area (Å²) in [7, 11) is 0. The van der Waals surface area contributed by atoms with Crippen LogP contribution in [0, 0.1) is 0 Å². The van der Waals surface area contributed by atoms with E-state index in [-0.39, 0.29) is 18.2 Å². The van der Waals surface area contributed by atoms with E-state index in [1.54, 1.807) is 0 Å². The Labute approximate surface area is 92.1 Å². The van der Waals surface area contributed by atoms with Crippen molar-refractivity contribution in [2.45, 2.75) is 64.6 Å². The molecule has 0 saturated heterocycles. The van der Waals surface area contributed by atoms with Gasteiger partial charge in [-0.05, 0) is 32.6 Å². The molecule has 0 aromatic heterocycles. The number of hydrogen-bond acceptors (Lipinski definition) is 3. The van der Waals surface area contributed by atoms with E-state index < -0.39 is 0 Å². The average Bonchev–Trinajstić information content (AvgIpc) is 2.21. The first-order valence-electron chi connectivity index (χ1n) is 6.09. The fraction of sp³-hybridized carbons (Fsp3) is 0.917. The second-order valence-corrected chi connectivity index (χ2v) is 4.06. The molecule has 0 heterocycles. The summed E-state index contributed by atoms with van der Waals surface area (Å²) < 4.78 is 11.0. The van der Waals surface area contributed by atoms with Crippen molar-refractivity contribution < 1.29 is 14.3 Å². The van der Waals surface area contributed by atoms with Gasteiger partial charge in [-0.2, -0.15) is 0 Å². The summed E-state index contributed by atoms with van der Waals surface area (Å²) in [6.07, 6.45) is 5.82. The molecule has 2 unspecified atom stereocenters. The van der Waals surface area contributed by atoms with E-state index in [9.17, 15) is 4.79 Å². The third-order valence-corrected chi connectivity index (χ3v) is 2.76. The first-order valence-corrected chi connectivity index (χ1v) is 6.09. The van der Waals surface area contributed by atoms with E-state index in [1.165, 1.54) is 6.42 Å². The van der Waals surface area contributed by atoms with E-state index in [0.717, 1.165) is 25.7 Å². The molecule has 0 aromatic carbocycles. The van der Waals surface area contributed by atoms with Crippen LogP contribution >= 0.6 is 0 Å². The largest absolute Gasteiger partial charge is 0.460 e. The maximum absolute atomic E-state index is 11.4. The molecule has 0 spiro atoms. The second kappa shape index (κ2) is 6.83. The molecule has 0 N–H and O–H groups in total. The molecule has 3 nitrogen and oxygen atoms in total. The smallest absolute Gasteiger partial charge is 0.306 e. The Bertz CT molecular complexity index is 189. The maximum atomic E-state index is 11.4. The minimum absolute atomic E-state index is 0.00208. The summed E-state index contributed by atoms with van der Waals surface area (Å²) in [6, 6.07) is 0. The summed E-state index contributed by atoms with van der Waals surface area (Å²) >= 11 is 0. The second-order valence-electron chi connectivity index (χ2n) is 4.06. The summed E-state index contributed by atoms with van der Waals surface area (Å²) in [5.41, 5.74) is 0. The number of hydrogen-bond donors (Lipinski definition) is 0. The highest BCUT2D eigenvalue weighted by molar-refractivity contribution is 5.69.